The molecular formula is C8H10ClNO2. The Morgan fingerprint density at radius 2 is 1.92 bits per heavy atom. The molecule has 4 heteroatoms. The van der Waals surface area contributed by atoms with Crippen LogP contribution in [0.4, 0.5) is 0 Å². The highest BCUT2D eigenvalue weighted by atomic mass is 35.5. The van der Waals surface area contributed by atoms with Crippen LogP contribution in [0.3, 0.4) is 0 Å². The third kappa shape index (κ3) is 3.34. The molecule has 0 radical (unpaired) electrons. The van der Waals surface area contributed by atoms with Gasteiger partial charge in [0, 0.05) is 12.1 Å². The Balaban J connectivity index is 0.00000121. The Kier molecular flexibility index (Phi) is 5.04. The van der Waals surface area contributed by atoms with Crippen LogP contribution in [0.2, 0.25) is 0 Å². The van der Waals surface area contributed by atoms with Crippen LogP contribution >= 0.6 is 0 Å². The van der Waals surface area contributed by atoms with E-state index < -0.39 is 0 Å². The topological polar surface area (TPSA) is 30.2 Å². The fourth-order valence-corrected chi connectivity index (χ4v) is 0.753. The molecule has 1 aromatic rings. The number of halogens is 1. The van der Waals surface area contributed by atoms with E-state index in [2.05, 4.69) is 4.74 Å². The maximum atomic E-state index is 10.7. The summed E-state index contributed by atoms with van der Waals surface area (Å²) in [5, 5.41) is 0. The van der Waals surface area contributed by atoms with Gasteiger partial charge in [0.05, 0.1) is 7.11 Å². The van der Waals surface area contributed by atoms with Crippen LogP contribution in [0.25, 0.3) is 0 Å². The van der Waals surface area contributed by atoms with Crippen molar-refractivity contribution in [2.24, 2.45) is 0 Å². The summed E-state index contributed by atoms with van der Waals surface area (Å²) >= 11 is 0. The molecule has 0 spiro atoms. The number of ether oxygens (including phenoxy) is 1. The Morgan fingerprint density at radius 1 is 1.33 bits per heavy atom. The monoisotopic (exact) mass is 187 g/mol. The van der Waals surface area contributed by atoms with Crippen molar-refractivity contribution >= 4 is 5.97 Å². The summed E-state index contributed by atoms with van der Waals surface area (Å²) in [6, 6.07) is 5.62. The molecule has 12 heavy (non-hydrogen) atoms. The number of hydrogen-bond acceptors (Lipinski definition) is 2. The average Bonchev–Trinajstić information content (AvgIpc) is 2.06. The minimum atomic E-state index is -0.235. The number of hydrogen-bond donors (Lipinski definition) is 0. The molecule has 3 nitrogen and oxygen atoms in total. The van der Waals surface area contributed by atoms with Gasteiger partial charge in [-0.1, -0.05) is 6.07 Å². The molecule has 1 aromatic heterocycles. The van der Waals surface area contributed by atoms with E-state index in [4.69, 9.17) is 0 Å². The fraction of sp³-hybridized carbons (Fsp3) is 0.250. The highest BCUT2D eigenvalue weighted by molar-refractivity contribution is 5.67. The Labute approximate surface area is 77.4 Å². The van der Waals surface area contributed by atoms with Crippen molar-refractivity contribution in [3.63, 3.8) is 0 Å². The SMILES string of the molecule is COC(=O)C[n+]1ccccc1.[Cl-]. The molecule has 0 fully saturated rings. The number of carbonyl (C=O) groups excluding carboxylic acids is 1. The number of nitrogens with zero attached hydrogens (tertiary/aromatic N) is 1. The van der Waals surface area contributed by atoms with Crippen LogP contribution in [0.5, 0.6) is 0 Å². The van der Waals surface area contributed by atoms with E-state index in [1.54, 1.807) is 4.57 Å². The van der Waals surface area contributed by atoms with Crippen molar-refractivity contribution in [1.82, 2.24) is 0 Å². The standard InChI is InChI=1S/C8H10NO2.ClH/c1-11-8(10)7-9-5-3-2-4-6-9;/h2-6H,7H2,1H3;1H/q+1;/p-1. The predicted octanol–water partition coefficient (Wildman–Crippen LogP) is -2.85. The van der Waals surface area contributed by atoms with Crippen LogP contribution in [0.15, 0.2) is 30.6 Å². The van der Waals surface area contributed by atoms with E-state index in [-0.39, 0.29) is 24.9 Å². The average molecular weight is 188 g/mol. The Morgan fingerprint density at radius 3 is 2.42 bits per heavy atom. The molecule has 0 amide bonds. The lowest BCUT2D eigenvalue weighted by molar-refractivity contribution is -0.685. The molecule has 1 rings (SSSR count). The van der Waals surface area contributed by atoms with Crippen LogP contribution in [0.1, 0.15) is 0 Å². The molecule has 0 aliphatic rings. The van der Waals surface area contributed by atoms with Gasteiger partial charge < -0.3 is 17.1 Å². The van der Waals surface area contributed by atoms with E-state index >= 15 is 0 Å². The molecule has 0 unspecified atom stereocenters. The third-order valence-electron chi connectivity index (χ3n) is 1.32. The summed E-state index contributed by atoms with van der Waals surface area (Å²) in [6.07, 6.45) is 3.63. The normalized spacial score (nSPS) is 8.42. The maximum Gasteiger partial charge on any atom is 0.372 e. The molecule has 0 aromatic carbocycles. The molecule has 0 bridgehead atoms. The highest BCUT2D eigenvalue weighted by Crippen LogP contribution is 1.78. The van der Waals surface area contributed by atoms with Gasteiger partial charge >= 0.3 is 5.97 Å². The van der Waals surface area contributed by atoms with E-state index in [1.807, 2.05) is 30.6 Å². The first-order chi connectivity index (χ1) is 5.33. The minimum absolute atomic E-state index is 0. The summed E-state index contributed by atoms with van der Waals surface area (Å²) in [4.78, 5) is 10.7. The molecule has 0 saturated carbocycles. The van der Waals surface area contributed by atoms with Crippen molar-refractivity contribution in [3.05, 3.63) is 30.6 Å². The molecule has 0 aliphatic heterocycles. The minimum Gasteiger partial charge on any atom is -1.00 e. The van der Waals surface area contributed by atoms with E-state index in [0.29, 0.717) is 0 Å². The fourth-order valence-electron chi connectivity index (χ4n) is 0.753. The van der Waals surface area contributed by atoms with Crippen LogP contribution < -0.4 is 17.0 Å². The van der Waals surface area contributed by atoms with Gasteiger partial charge in [-0.3, -0.25) is 0 Å². The number of pyridine rings is 1. The lowest BCUT2D eigenvalue weighted by Gasteiger charge is -1.93. The van der Waals surface area contributed by atoms with Crippen molar-refractivity contribution in [3.8, 4) is 0 Å². The van der Waals surface area contributed by atoms with Gasteiger partial charge in [-0.25, -0.2) is 4.79 Å². The molecule has 0 saturated heterocycles. The number of methoxy groups -OCH3 is 1. The lowest BCUT2D eigenvalue weighted by Crippen LogP contribution is -3.00. The van der Waals surface area contributed by atoms with E-state index in [1.165, 1.54) is 7.11 Å². The van der Waals surface area contributed by atoms with Gasteiger partial charge in [0.15, 0.2) is 12.4 Å². The first-order valence-corrected chi connectivity index (χ1v) is 3.34. The van der Waals surface area contributed by atoms with Gasteiger partial charge in [0.2, 0.25) is 6.54 Å². The summed E-state index contributed by atoms with van der Waals surface area (Å²) in [6.45, 7) is 0.275. The van der Waals surface area contributed by atoms with Gasteiger partial charge in [0.1, 0.15) is 0 Å². The summed E-state index contributed by atoms with van der Waals surface area (Å²) in [5.74, 6) is -0.235. The zero-order valence-electron chi connectivity index (χ0n) is 6.74. The smallest absolute Gasteiger partial charge is 0.372 e. The number of rotatable bonds is 2. The van der Waals surface area contributed by atoms with Crippen molar-refractivity contribution in [2.75, 3.05) is 7.11 Å². The van der Waals surface area contributed by atoms with E-state index in [0.717, 1.165) is 0 Å². The summed E-state index contributed by atoms with van der Waals surface area (Å²) < 4.78 is 6.25. The van der Waals surface area contributed by atoms with Crippen LogP contribution in [-0.2, 0) is 16.1 Å². The Bertz CT molecular complexity index is 238. The zero-order chi connectivity index (χ0) is 8.10. The Hall–Kier alpha value is -1.09. The van der Waals surface area contributed by atoms with Gasteiger partial charge in [-0.05, 0) is 0 Å². The quantitative estimate of drug-likeness (QED) is 0.369. The maximum absolute atomic E-state index is 10.7. The molecular weight excluding hydrogens is 178 g/mol. The summed E-state index contributed by atoms with van der Waals surface area (Å²) in [5.41, 5.74) is 0. The molecule has 66 valence electrons. The third-order valence-corrected chi connectivity index (χ3v) is 1.32. The number of carbonyl (C=O) groups is 1. The zero-order valence-corrected chi connectivity index (χ0v) is 7.49. The van der Waals surface area contributed by atoms with Crippen LogP contribution in [0, 0.1) is 0 Å². The lowest BCUT2D eigenvalue weighted by atomic mass is 10.5. The van der Waals surface area contributed by atoms with Crippen LogP contribution in [-0.4, -0.2) is 13.1 Å². The second-order valence-corrected chi connectivity index (χ2v) is 2.12. The van der Waals surface area contributed by atoms with Crippen molar-refractivity contribution in [1.29, 1.82) is 0 Å². The summed E-state index contributed by atoms with van der Waals surface area (Å²) in [7, 11) is 1.38. The number of aromatic nitrogens is 1. The molecule has 0 aliphatic carbocycles. The first kappa shape index (κ1) is 10.9. The molecule has 0 atom stereocenters. The molecule has 0 N–H and O–H groups in total. The van der Waals surface area contributed by atoms with Gasteiger partial charge in [-0.15, -0.1) is 0 Å². The van der Waals surface area contributed by atoms with Crippen molar-refractivity contribution in [2.45, 2.75) is 6.54 Å². The second-order valence-electron chi connectivity index (χ2n) is 2.12. The predicted molar refractivity (Wildman–Crippen MR) is 38.7 cm³/mol. The largest absolute Gasteiger partial charge is 1.00 e. The van der Waals surface area contributed by atoms with Gasteiger partial charge in [0.25, 0.3) is 0 Å². The molecule has 1 heterocycles. The second kappa shape index (κ2) is 5.55. The van der Waals surface area contributed by atoms with E-state index in [9.17, 15) is 4.79 Å². The number of esters is 1. The van der Waals surface area contributed by atoms with Gasteiger partial charge in [-0.2, -0.15) is 4.57 Å². The highest BCUT2D eigenvalue weighted by Gasteiger charge is 2.06. The first-order valence-electron chi connectivity index (χ1n) is 3.34. The van der Waals surface area contributed by atoms with Crippen molar-refractivity contribution < 1.29 is 26.5 Å².